The summed E-state index contributed by atoms with van der Waals surface area (Å²) in [6.45, 7) is 8.06. The van der Waals surface area contributed by atoms with Crippen LogP contribution in [-0.4, -0.2) is 19.5 Å². The number of hydrogen-bond donors (Lipinski definition) is 0. The molecule has 0 aliphatic heterocycles. The Labute approximate surface area is 171 Å². The predicted molar refractivity (Wildman–Crippen MR) is 118 cm³/mol. The largest absolute Gasteiger partial charge is 0.352 e. The van der Waals surface area contributed by atoms with Crippen LogP contribution < -0.4 is 0 Å². The first-order valence-corrected chi connectivity index (χ1v) is 10.6. The maximum atomic E-state index is 6.14. The minimum atomic E-state index is -0.184. The molecule has 0 amide bonds. The topological polar surface area (TPSA) is 18.5 Å². The molecule has 0 saturated heterocycles. The van der Waals surface area contributed by atoms with Crippen molar-refractivity contribution in [1.82, 2.24) is 0 Å². The average Bonchev–Trinajstić information content (AvgIpc) is 2.69. The van der Waals surface area contributed by atoms with E-state index in [1.54, 1.807) is 0 Å². The molecule has 0 heterocycles. The van der Waals surface area contributed by atoms with Gasteiger partial charge in [-0.15, -0.1) is 0 Å². The number of rotatable bonds is 13. The summed E-state index contributed by atoms with van der Waals surface area (Å²) in [7, 11) is 0. The van der Waals surface area contributed by atoms with Crippen molar-refractivity contribution in [1.29, 1.82) is 0 Å². The van der Waals surface area contributed by atoms with Crippen molar-refractivity contribution in [3.05, 3.63) is 83.4 Å². The van der Waals surface area contributed by atoms with Gasteiger partial charge in [-0.25, -0.2) is 0 Å². The fourth-order valence-corrected chi connectivity index (χ4v) is 3.13. The highest BCUT2D eigenvalue weighted by Crippen LogP contribution is 2.14. The van der Waals surface area contributed by atoms with Crippen LogP contribution in [0.2, 0.25) is 0 Å². The van der Waals surface area contributed by atoms with Gasteiger partial charge in [0.25, 0.3) is 0 Å². The van der Waals surface area contributed by atoms with E-state index in [1.165, 1.54) is 23.1 Å². The summed E-state index contributed by atoms with van der Waals surface area (Å²) < 4.78 is 12.3. The maximum absolute atomic E-state index is 6.14. The summed E-state index contributed by atoms with van der Waals surface area (Å²) in [6.07, 6.45) is 7.29. The summed E-state index contributed by atoms with van der Waals surface area (Å²) in [5, 5.41) is 0. The molecule has 0 bridgehead atoms. The van der Waals surface area contributed by atoms with Gasteiger partial charge in [-0.05, 0) is 56.6 Å². The van der Waals surface area contributed by atoms with E-state index in [2.05, 4.69) is 75.4 Å². The quantitative estimate of drug-likeness (QED) is 0.288. The van der Waals surface area contributed by atoms with E-state index < -0.39 is 0 Å². The molecular weight excluding hydrogens is 344 g/mol. The van der Waals surface area contributed by atoms with Crippen LogP contribution in [0.25, 0.3) is 0 Å². The van der Waals surface area contributed by atoms with Gasteiger partial charge in [0, 0.05) is 13.0 Å². The Bertz CT molecular complexity index is 659. The third-order valence-electron chi connectivity index (χ3n) is 4.91. The van der Waals surface area contributed by atoms with E-state index in [9.17, 15) is 0 Å². The van der Waals surface area contributed by atoms with Crippen LogP contribution in [0.1, 0.15) is 51.2 Å². The van der Waals surface area contributed by atoms with E-state index in [0.717, 1.165) is 32.3 Å². The van der Waals surface area contributed by atoms with Gasteiger partial charge in [-0.2, -0.15) is 0 Å². The van der Waals surface area contributed by atoms with Crippen molar-refractivity contribution < 1.29 is 9.47 Å². The number of ether oxygens (including phenoxy) is 2. The van der Waals surface area contributed by atoms with Crippen LogP contribution in [0, 0.1) is 5.92 Å². The van der Waals surface area contributed by atoms with Gasteiger partial charge in [-0.1, -0.05) is 79.2 Å². The third-order valence-corrected chi connectivity index (χ3v) is 4.91. The first kappa shape index (κ1) is 22.4. The molecule has 0 aliphatic carbocycles. The smallest absolute Gasteiger partial charge is 0.161 e. The molecule has 2 aromatic carbocycles. The normalized spacial score (nSPS) is 13.1. The van der Waals surface area contributed by atoms with Gasteiger partial charge in [0.1, 0.15) is 0 Å². The SMILES string of the molecule is CC(C)=CCCC(C)CCOC(Cc1ccccc1)OCCc1ccccc1. The fraction of sp³-hybridized carbons (Fsp3) is 0.462. The Morgan fingerprint density at radius 2 is 1.43 bits per heavy atom. The van der Waals surface area contributed by atoms with Gasteiger partial charge in [0.05, 0.1) is 6.61 Å². The van der Waals surface area contributed by atoms with Gasteiger partial charge in [-0.3, -0.25) is 0 Å². The van der Waals surface area contributed by atoms with Crippen LogP contribution in [0.5, 0.6) is 0 Å². The van der Waals surface area contributed by atoms with Crippen LogP contribution in [0.15, 0.2) is 72.3 Å². The van der Waals surface area contributed by atoms with E-state index in [-0.39, 0.29) is 6.29 Å². The molecule has 0 fully saturated rings. The summed E-state index contributed by atoms with van der Waals surface area (Å²) >= 11 is 0. The van der Waals surface area contributed by atoms with Crippen molar-refractivity contribution in [2.45, 2.75) is 59.2 Å². The van der Waals surface area contributed by atoms with Crippen LogP contribution in [-0.2, 0) is 22.3 Å². The molecule has 0 spiro atoms. The maximum Gasteiger partial charge on any atom is 0.161 e. The standard InChI is InChI=1S/C26H36O2/c1-22(2)11-10-12-23(3)17-19-27-26(21-25-15-8-5-9-16-25)28-20-18-24-13-6-4-7-14-24/h4-9,11,13-16,23,26H,10,12,17-21H2,1-3H3. The van der Waals surface area contributed by atoms with Gasteiger partial charge in [0.15, 0.2) is 6.29 Å². The molecule has 152 valence electrons. The lowest BCUT2D eigenvalue weighted by Crippen LogP contribution is -2.22. The van der Waals surface area contributed by atoms with Crippen molar-refractivity contribution in [2.75, 3.05) is 13.2 Å². The van der Waals surface area contributed by atoms with Crippen molar-refractivity contribution in [2.24, 2.45) is 5.92 Å². The molecule has 2 rings (SSSR count). The highest BCUT2D eigenvalue weighted by Gasteiger charge is 2.12. The fourth-order valence-electron chi connectivity index (χ4n) is 3.13. The monoisotopic (exact) mass is 380 g/mol. The van der Waals surface area contributed by atoms with Gasteiger partial charge >= 0.3 is 0 Å². The van der Waals surface area contributed by atoms with Crippen LogP contribution >= 0.6 is 0 Å². The Morgan fingerprint density at radius 1 is 0.821 bits per heavy atom. The zero-order chi connectivity index (χ0) is 20.0. The molecule has 0 aromatic heterocycles. The Balaban J connectivity index is 1.77. The minimum absolute atomic E-state index is 0.184. The number of benzene rings is 2. The lowest BCUT2D eigenvalue weighted by molar-refractivity contribution is -0.142. The number of allylic oxidation sites excluding steroid dienone is 2. The van der Waals surface area contributed by atoms with E-state index in [1.807, 2.05) is 12.1 Å². The Hall–Kier alpha value is -1.90. The highest BCUT2D eigenvalue weighted by molar-refractivity contribution is 5.15. The zero-order valence-electron chi connectivity index (χ0n) is 17.8. The Kier molecular flexibility index (Phi) is 10.6. The van der Waals surface area contributed by atoms with Crippen molar-refractivity contribution in [3.63, 3.8) is 0 Å². The molecule has 28 heavy (non-hydrogen) atoms. The van der Waals surface area contributed by atoms with Crippen molar-refractivity contribution >= 4 is 0 Å². The van der Waals surface area contributed by atoms with Gasteiger partial charge in [0.2, 0.25) is 0 Å². The second-order valence-corrected chi connectivity index (χ2v) is 7.85. The molecule has 0 saturated carbocycles. The van der Waals surface area contributed by atoms with E-state index in [4.69, 9.17) is 9.47 Å². The lowest BCUT2D eigenvalue weighted by atomic mass is 10.0. The van der Waals surface area contributed by atoms with Crippen LogP contribution in [0.4, 0.5) is 0 Å². The molecule has 0 radical (unpaired) electrons. The van der Waals surface area contributed by atoms with Crippen LogP contribution in [0.3, 0.4) is 0 Å². The Morgan fingerprint density at radius 3 is 2.07 bits per heavy atom. The van der Waals surface area contributed by atoms with E-state index >= 15 is 0 Å². The summed E-state index contributed by atoms with van der Waals surface area (Å²) in [5.41, 5.74) is 3.95. The molecular formula is C26H36O2. The predicted octanol–water partition coefficient (Wildman–Crippen LogP) is 6.60. The molecule has 2 heteroatoms. The highest BCUT2D eigenvalue weighted by atomic mass is 16.7. The first-order valence-electron chi connectivity index (χ1n) is 10.6. The summed E-state index contributed by atoms with van der Waals surface area (Å²) in [6, 6.07) is 20.9. The summed E-state index contributed by atoms with van der Waals surface area (Å²) in [5.74, 6) is 0.664. The minimum Gasteiger partial charge on any atom is -0.352 e. The van der Waals surface area contributed by atoms with Crippen molar-refractivity contribution in [3.8, 4) is 0 Å². The second-order valence-electron chi connectivity index (χ2n) is 7.85. The molecule has 0 N–H and O–H groups in total. The molecule has 0 aliphatic rings. The molecule has 2 aromatic rings. The second kappa shape index (κ2) is 13.3. The molecule has 2 nitrogen and oxygen atoms in total. The third kappa shape index (κ3) is 9.87. The zero-order valence-corrected chi connectivity index (χ0v) is 17.8. The van der Waals surface area contributed by atoms with E-state index in [0.29, 0.717) is 12.5 Å². The number of hydrogen-bond acceptors (Lipinski definition) is 2. The summed E-state index contributed by atoms with van der Waals surface area (Å²) in [4.78, 5) is 0. The lowest BCUT2D eigenvalue weighted by Gasteiger charge is -2.20. The molecule has 2 unspecified atom stereocenters. The average molecular weight is 381 g/mol. The first-order chi connectivity index (χ1) is 13.6. The molecule has 2 atom stereocenters. The van der Waals surface area contributed by atoms with Gasteiger partial charge < -0.3 is 9.47 Å².